The molecule has 0 aliphatic carbocycles. The van der Waals surface area contributed by atoms with Crippen LogP contribution in [0.25, 0.3) is 6.08 Å². The van der Waals surface area contributed by atoms with Gasteiger partial charge in [0.1, 0.15) is 5.75 Å². The molecule has 7 nitrogen and oxygen atoms in total. The predicted molar refractivity (Wildman–Crippen MR) is 98.0 cm³/mol. The van der Waals surface area contributed by atoms with Gasteiger partial charge in [-0.05, 0) is 36.0 Å². The van der Waals surface area contributed by atoms with Crippen molar-refractivity contribution < 1.29 is 23.9 Å². The topological polar surface area (TPSA) is 92.8 Å². The second-order valence-corrected chi connectivity index (χ2v) is 6.76. The van der Waals surface area contributed by atoms with E-state index in [1.807, 2.05) is 0 Å². The number of carbonyl (C=O) groups excluding carboxylic acids is 4. The molecule has 2 aliphatic rings. The average Bonchev–Trinajstić information content (AvgIpc) is 3.11. The number of rotatable bonds is 4. The summed E-state index contributed by atoms with van der Waals surface area (Å²) in [7, 11) is 0. The minimum atomic E-state index is -0.472. The minimum Gasteiger partial charge on any atom is -0.472 e. The van der Waals surface area contributed by atoms with Gasteiger partial charge < -0.3 is 4.74 Å². The molecule has 2 heterocycles. The zero-order valence-electron chi connectivity index (χ0n) is 13.8. The van der Waals surface area contributed by atoms with Gasteiger partial charge in [-0.1, -0.05) is 30.3 Å². The Balaban J connectivity index is 1.54. The molecule has 4 amide bonds. The Hall–Kier alpha value is -3.39. The second kappa shape index (κ2) is 6.73. The number of hydrogen-bond acceptors (Lipinski definition) is 6. The van der Waals surface area contributed by atoms with E-state index < -0.39 is 23.0 Å². The maximum Gasteiger partial charge on any atom is 0.290 e. The molecule has 27 heavy (non-hydrogen) atoms. The summed E-state index contributed by atoms with van der Waals surface area (Å²) in [5, 5.41) is 1.75. The highest BCUT2D eigenvalue weighted by Crippen LogP contribution is 2.29. The normalized spacial score (nSPS) is 17.5. The molecule has 8 heteroatoms. The summed E-state index contributed by atoms with van der Waals surface area (Å²) < 4.78 is 5.68. The lowest BCUT2D eigenvalue weighted by Gasteiger charge is -2.16. The Morgan fingerprint density at radius 1 is 0.926 bits per heavy atom. The van der Waals surface area contributed by atoms with E-state index in [1.165, 1.54) is 6.08 Å². The smallest absolute Gasteiger partial charge is 0.290 e. The number of fused-ring (bicyclic) bond motifs is 1. The molecule has 4 rings (SSSR count). The molecule has 1 saturated heterocycles. The van der Waals surface area contributed by atoms with Crippen LogP contribution in [0.1, 0.15) is 26.3 Å². The quantitative estimate of drug-likeness (QED) is 0.648. The van der Waals surface area contributed by atoms with Gasteiger partial charge in [-0.25, -0.2) is 4.90 Å². The summed E-state index contributed by atoms with van der Waals surface area (Å²) in [6.07, 6.45) is 1.53. The first-order chi connectivity index (χ1) is 13.0. The van der Waals surface area contributed by atoms with Crippen molar-refractivity contribution in [1.29, 1.82) is 0 Å². The molecule has 1 N–H and O–H groups in total. The van der Waals surface area contributed by atoms with Gasteiger partial charge in [0, 0.05) is 5.56 Å². The number of benzene rings is 2. The highest BCUT2D eigenvalue weighted by Gasteiger charge is 2.35. The number of carbonyl (C=O) groups is 4. The Kier molecular flexibility index (Phi) is 4.25. The first-order valence-corrected chi connectivity index (χ1v) is 8.78. The largest absolute Gasteiger partial charge is 0.472 e. The Bertz CT molecular complexity index is 995. The fraction of sp³-hybridized carbons (Fsp3) is 0.0526. The van der Waals surface area contributed by atoms with Crippen LogP contribution in [0.15, 0.2) is 53.4 Å². The average molecular weight is 380 g/mol. The molecule has 0 aromatic heterocycles. The van der Waals surface area contributed by atoms with Gasteiger partial charge >= 0.3 is 0 Å². The number of amides is 4. The molecular formula is C19H12N2O5S. The Morgan fingerprint density at radius 2 is 1.56 bits per heavy atom. The molecule has 0 saturated carbocycles. The summed E-state index contributed by atoms with van der Waals surface area (Å²) >= 11 is 0.800. The van der Waals surface area contributed by atoms with Crippen molar-refractivity contribution >= 4 is 40.8 Å². The van der Waals surface area contributed by atoms with Gasteiger partial charge in [-0.2, -0.15) is 0 Å². The molecule has 0 unspecified atom stereocenters. The number of imide groups is 2. The van der Waals surface area contributed by atoms with Crippen LogP contribution in [0, 0.1) is 0 Å². The Labute approximate surface area is 158 Å². The molecule has 2 aromatic rings. The van der Waals surface area contributed by atoms with E-state index in [0.717, 1.165) is 16.7 Å². The van der Waals surface area contributed by atoms with Gasteiger partial charge in [-0.15, -0.1) is 0 Å². The van der Waals surface area contributed by atoms with Crippen molar-refractivity contribution in [3.05, 3.63) is 70.1 Å². The fourth-order valence-corrected chi connectivity index (χ4v) is 3.46. The third kappa shape index (κ3) is 3.11. The highest BCUT2D eigenvalue weighted by molar-refractivity contribution is 8.18. The van der Waals surface area contributed by atoms with Crippen molar-refractivity contribution in [3.8, 4) is 5.75 Å². The third-order valence-electron chi connectivity index (χ3n) is 4.07. The third-order valence-corrected chi connectivity index (χ3v) is 4.89. The summed E-state index contributed by atoms with van der Waals surface area (Å²) in [6.45, 7) is -0.259. The summed E-state index contributed by atoms with van der Waals surface area (Å²) in [4.78, 5) is 49.1. The van der Waals surface area contributed by atoms with Crippen LogP contribution in [0.3, 0.4) is 0 Å². The van der Waals surface area contributed by atoms with Gasteiger partial charge in [0.05, 0.1) is 16.0 Å². The molecule has 2 aromatic carbocycles. The zero-order valence-corrected chi connectivity index (χ0v) is 14.6. The molecule has 0 spiro atoms. The van der Waals surface area contributed by atoms with E-state index in [9.17, 15) is 19.2 Å². The predicted octanol–water partition coefficient (Wildman–Crippen LogP) is 2.64. The minimum absolute atomic E-state index is 0.247. The molecule has 134 valence electrons. The molecule has 0 atom stereocenters. The van der Waals surface area contributed by atoms with Crippen LogP contribution in [-0.2, 0) is 4.79 Å². The number of hydrogen-bond donors (Lipinski definition) is 1. The van der Waals surface area contributed by atoms with Crippen LogP contribution in [-0.4, -0.2) is 34.6 Å². The van der Waals surface area contributed by atoms with E-state index in [1.54, 1.807) is 48.5 Å². The van der Waals surface area contributed by atoms with Crippen molar-refractivity contribution in [2.75, 3.05) is 6.73 Å². The van der Waals surface area contributed by atoms with Crippen LogP contribution >= 0.6 is 11.8 Å². The standard InChI is InChI=1S/C19H12N2O5S/c22-16-15(27-19(25)20-16)9-11-5-1-4-8-14(11)26-10-21-17(23)12-6-2-3-7-13(12)18(21)24/h1-9H,10H2,(H,20,22,25)/b15-9-. The summed E-state index contributed by atoms with van der Waals surface area (Å²) in [5.41, 5.74) is 1.25. The van der Waals surface area contributed by atoms with E-state index >= 15 is 0 Å². The fourth-order valence-electron chi connectivity index (χ4n) is 2.78. The molecule has 0 bridgehead atoms. The van der Waals surface area contributed by atoms with Crippen LogP contribution in [0.4, 0.5) is 4.79 Å². The highest BCUT2D eigenvalue weighted by atomic mass is 32.2. The second-order valence-electron chi connectivity index (χ2n) is 5.75. The molecule has 0 radical (unpaired) electrons. The van der Waals surface area contributed by atoms with E-state index in [-0.39, 0.29) is 11.6 Å². The zero-order chi connectivity index (χ0) is 19.0. The monoisotopic (exact) mass is 380 g/mol. The maximum absolute atomic E-state index is 12.4. The van der Waals surface area contributed by atoms with Crippen molar-refractivity contribution in [1.82, 2.24) is 10.2 Å². The van der Waals surface area contributed by atoms with E-state index in [4.69, 9.17) is 4.74 Å². The van der Waals surface area contributed by atoms with Gasteiger partial charge in [0.15, 0.2) is 6.73 Å². The number of thioether (sulfide) groups is 1. The molecular weight excluding hydrogens is 368 g/mol. The maximum atomic E-state index is 12.4. The lowest BCUT2D eigenvalue weighted by molar-refractivity contribution is -0.115. The number of nitrogens with zero attached hydrogens (tertiary/aromatic N) is 1. The van der Waals surface area contributed by atoms with Crippen molar-refractivity contribution in [2.24, 2.45) is 0 Å². The van der Waals surface area contributed by atoms with Crippen LogP contribution in [0.2, 0.25) is 0 Å². The van der Waals surface area contributed by atoms with Gasteiger partial charge in [-0.3, -0.25) is 24.5 Å². The van der Waals surface area contributed by atoms with Gasteiger partial charge in [0.2, 0.25) is 0 Å². The number of para-hydroxylation sites is 1. The molecule has 1 fully saturated rings. The van der Waals surface area contributed by atoms with Crippen LogP contribution < -0.4 is 10.1 Å². The van der Waals surface area contributed by atoms with E-state index in [2.05, 4.69) is 5.32 Å². The van der Waals surface area contributed by atoms with E-state index in [0.29, 0.717) is 22.4 Å². The SMILES string of the molecule is O=C1NC(=O)/C(=C/c2ccccc2OCN2C(=O)c3ccccc3C2=O)S1. The summed E-state index contributed by atoms with van der Waals surface area (Å²) in [5.74, 6) is -0.917. The molecule has 2 aliphatic heterocycles. The Morgan fingerprint density at radius 3 is 2.19 bits per heavy atom. The van der Waals surface area contributed by atoms with Crippen molar-refractivity contribution in [3.63, 3.8) is 0 Å². The van der Waals surface area contributed by atoms with Gasteiger partial charge in [0.25, 0.3) is 23.0 Å². The lowest BCUT2D eigenvalue weighted by Crippen LogP contribution is -2.33. The van der Waals surface area contributed by atoms with Crippen molar-refractivity contribution in [2.45, 2.75) is 0 Å². The number of nitrogens with one attached hydrogen (secondary N) is 1. The van der Waals surface area contributed by atoms with Crippen LogP contribution in [0.5, 0.6) is 5.75 Å². The number of ether oxygens (including phenoxy) is 1. The lowest BCUT2D eigenvalue weighted by atomic mass is 10.1. The first-order valence-electron chi connectivity index (χ1n) is 7.96. The summed E-state index contributed by atoms with van der Waals surface area (Å²) in [6, 6.07) is 13.4. The first kappa shape index (κ1) is 17.0.